The summed E-state index contributed by atoms with van der Waals surface area (Å²) in [6, 6.07) is 6.11. The van der Waals surface area contributed by atoms with Crippen LogP contribution in [0, 0.1) is 6.92 Å². The minimum Gasteiger partial charge on any atom is -0.338 e. The molecule has 0 bridgehead atoms. The smallest absolute Gasteiger partial charge is 0.257 e. The first-order valence-electron chi connectivity index (χ1n) is 7.35. The summed E-state index contributed by atoms with van der Waals surface area (Å²) >= 11 is 0. The van der Waals surface area contributed by atoms with Crippen molar-refractivity contribution in [3.8, 4) is 0 Å². The van der Waals surface area contributed by atoms with Gasteiger partial charge in [-0.15, -0.1) is 0 Å². The molecule has 3 rings (SSSR count). The predicted molar refractivity (Wildman–Crippen MR) is 80.1 cm³/mol. The summed E-state index contributed by atoms with van der Waals surface area (Å²) in [5.41, 5.74) is 2.79. The van der Waals surface area contributed by atoms with Gasteiger partial charge in [-0.25, -0.2) is 0 Å². The number of carbonyl (C=O) groups is 1. The summed E-state index contributed by atoms with van der Waals surface area (Å²) in [6.07, 6.45) is 5.52. The van der Waals surface area contributed by atoms with Gasteiger partial charge in [-0.05, 0) is 31.9 Å². The fourth-order valence-corrected chi connectivity index (χ4v) is 2.91. The van der Waals surface area contributed by atoms with E-state index in [-0.39, 0.29) is 5.91 Å². The van der Waals surface area contributed by atoms with Crippen molar-refractivity contribution in [2.45, 2.75) is 25.7 Å². The van der Waals surface area contributed by atoms with Crippen molar-refractivity contribution >= 4 is 5.91 Å². The first kappa shape index (κ1) is 13.8. The maximum Gasteiger partial charge on any atom is 0.257 e. The Labute approximate surface area is 124 Å². The van der Waals surface area contributed by atoms with Crippen LogP contribution in [0.5, 0.6) is 0 Å². The van der Waals surface area contributed by atoms with E-state index in [1.807, 2.05) is 31.0 Å². The first-order valence-corrected chi connectivity index (χ1v) is 7.35. The van der Waals surface area contributed by atoms with E-state index in [1.165, 1.54) is 0 Å². The molecule has 1 atom stereocenters. The van der Waals surface area contributed by atoms with Crippen LogP contribution in [0.3, 0.4) is 0 Å². The normalized spacial score (nSPS) is 18.8. The third-order valence-corrected chi connectivity index (χ3v) is 3.99. The van der Waals surface area contributed by atoms with E-state index >= 15 is 0 Å². The van der Waals surface area contributed by atoms with E-state index in [9.17, 15) is 4.79 Å². The van der Waals surface area contributed by atoms with Gasteiger partial charge in [0.2, 0.25) is 0 Å². The van der Waals surface area contributed by atoms with E-state index in [1.54, 1.807) is 17.1 Å². The Morgan fingerprint density at radius 1 is 1.38 bits per heavy atom. The Morgan fingerprint density at radius 3 is 2.95 bits per heavy atom. The van der Waals surface area contributed by atoms with Crippen LogP contribution in [0.4, 0.5) is 0 Å². The second kappa shape index (κ2) is 5.68. The van der Waals surface area contributed by atoms with Gasteiger partial charge in [0.15, 0.2) is 0 Å². The maximum atomic E-state index is 12.5. The zero-order chi connectivity index (χ0) is 14.8. The van der Waals surface area contributed by atoms with E-state index in [2.05, 4.69) is 16.1 Å². The van der Waals surface area contributed by atoms with Crippen LogP contribution < -0.4 is 0 Å². The minimum absolute atomic E-state index is 0.0699. The van der Waals surface area contributed by atoms with Crippen LogP contribution >= 0.6 is 0 Å². The van der Waals surface area contributed by atoms with Gasteiger partial charge in [0.25, 0.3) is 5.91 Å². The van der Waals surface area contributed by atoms with E-state index < -0.39 is 0 Å². The highest BCUT2D eigenvalue weighted by Crippen LogP contribution is 2.26. The molecule has 0 N–H and O–H groups in total. The summed E-state index contributed by atoms with van der Waals surface area (Å²) in [6.45, 7) is 3.56. The molecule has 1 fully saturated rings. The number of nitrogens with zero attached hydrogens (tertiary/aromatic N) is 4. The Balaban J connectivity index is 1.75. The van der Waals surface area contributed by atoms with Crippen LogP contribution in [-0.2, 0) is 7.05 Å². The second-order valence-electron chi connectivity index (χ2n) is 5.70. The second-order valence-corrected chi connectivity index (χ2v) is 5.70. The largest absolute Gasteiger partial charge is 0.338 e. The van der Waals surface area contributed by atoms with Gasteiger partial charge < -0.3 is 4.90 Å². The SMILES string of the molecule is Cc1cccc(C2CCCN(C(=O)c3cnn(C)c3)C2)n1. The highest BCUT2D eigenvalue weighted by Gasteiger charge is 2.26. The van der Waals surface area contributed by atoms with Crippen LogP contribution in [0.25, 0.3) is 0 Å². The molecule has 3 heterocycles. The van der Waals surface area contributed by atoms with Gasteiger partial charge in [-0.2, -0.15) is 5.10 Å². The standard InChI is InChI=1S/C16H20N4O/c1-12-5-3-7-15(18-12)13-6-4-8-20(11-13)16(21)14-9-17-19(2)10-14/h3,5,7,9-10,13H,4,6,8,11H2,1-2H3. The van der Waals surface area contributed by atoms with Crippen molar-refractivity contribution in [3.63, 3.8) is 0 Å². The van der Waals surface area contributed by atoms with Crippen LogP contribution in [0.15, 0.2) is 30.6 Å². The fraction of sp³-hybridized carbons (Fsp3) is 0.438. The maximum absolute atomic E-state index is 12.5. The van der Waals surface area contributed by atoms with Crippen molar-refractivity contribution in [2.24, 2.45) is 7.05 Å². The third kappa shape index (κ3) is 2.96. The summed E-state index contributed by atoms with van der Waals surface area (Å²) in [5.74, 6) is 0.403. The molecule has 1 aliphatic heterocycles. The van der Waals surface area contributed by atoms with Crippen molar-refractivity contribution in [3.05, 3.63) is 47.5 Å². The quantitative estimate of drug-likeness (QED) is 0.849. The molecule has 5 heteroatoms. The molecule has 1 saturated heterocycles. The van der Waals surface area contributed by atoms with Gasteiger partial charge >= 0.3 is 0 Å². The lowest BCUT2D eigenvalue weighted by Crippen LogP contribution is -2.39. The van der Waals surface area contributed by atoms with Gasteiger partial charge in [-0.1, -0.05) is 6.07 Å². The molecule has 2 aromatic heterocycles. The highest BCUT2D eigenvalue weighted by atomic mass is 16.2. The monoisotopic (exact) mass is 284 g/mol. The number of pyridine rings is 1. The van der Waals surface area contributed by atoms with Crippen molar-refractivity contribution in [1.82, 2.24) is 19.7 Å². The fourth-order valence-electron chi connectivity index (χ4n) is 2.91. The number of rotatable bonds is 2. The third-order valence-electron chi connectivity index (χ3n) is 3.99. The lowest BCUT2D eigenvalue weighted by molar-refractivity contribution is 0.0706. The number of aryl methyl sites for hydroxylation is 2. The van der Waals surface area contributed by atoms with Crippen molar-refractivity contribution in [1.29, 1.82) is 0 Å². The van der Waals surface area contributed by atoms with Gasteiger partial charge in [0, 0.05) is 43.6 Å². The van der Waals surface area contributed by atoms with Gasteiger partial charge in [-0.3, -0.25) is 14.5 Å². The Hall–Kier alpha value is -2.17. The van der Waals surface area contributed by atoms with Crippen molar-refractivity contribution < 1.29 is 4.79 Å². The summed E-state index contributed by atoms with van der Waals surface area (Å²) in [4.78, 5) is 19.0. The van der Waals surface area contributed by atoms with Crippen LogP contribution in [-0.4, -0.2) is 38.7 Å². The first-order chi connectivity index (χ1) is 10.1. The zero-order valence-electron chi connectivity index (χ0n) is 12.5. The summed E-state index contributed by atoms with van der Waals surface area (Å²) in [5, 5.41) is 4.08. The molecule has 110 valence electrons. The molecule has 21 heavy (non-hydrogen) atoms. The number of piperidine rings is 1. The molecule has 0 radical (unpaired) electrons. The highest BCUT2D eigenvalue weighted by molar-refractivity contribution is 5.93. The molecule has 0 aliphatic carbocycles. The molecule has 1 unspecified atom stereocenters. The number of carbonyl (C=O) groups excluding carboxylic acids is 1. The van der Waals surface area contributed by atoms with E-state index in [0.29, 0.717) is 11.5 Å². The minimum atomic E-state index is 0.0699. The van der Waals surface area contributed by atoms with Gasteiger partial charge in [0.05, 0.1) is 11.8 Å². The molecular weight excluding hydrogens is 264 g/mol. The lowest BCUT2D eigenvalue weighted by atomic mass is 9.94. The van der Waals surface area contributed by atoms with Crippen molar-refractivity contribution in [2.75, 3.05) is 13.1 Å². The number of amides is 1. The molecule has 1 aliphatic rings. The van der Waals surface area contributed by atoms with E-state index in [4.69, 9.17) is 0 Å². The van der Waals surface area contributed by atoms with E-state index in [0.717, 1.165) is 37.3 Å². The number of hydrogen-bond acceptors (Lipinski definition) is 3. The molecule has 5 nitrogen and oxygen atoms in total. The lowest BCUT2D eigenvalue weighted by Gasteiger charge is -2.32. The molecular formula is C16H20N4O. The number of aromatic nitrogens is 3. The number of hydrogen-bond donors (Lipinski definition) is 0. The Bertz CT molecular complexity index is 649. The summed E-state index contributed by atoms with van der Waals surface area (Å²) < 4.78 is 1.66. The van der Waals surface area contributed by atoms with Gasteiger partial charge in [0.1, 0.15) is 0 Å². The molecule has 0 spiro atoms. The van der Waals surface area contributed by atoms with Crippen LogP contribution in [0.1, 0.15) is 40.5 Å². The van der Waals surface area contributed by atoms with Crippen LogP contribution in [0.2, 0.25) is 0 Å². The summed E-state index contributed by atoms with van der Waals surface area (Å²) in [7, 11) is 1.83. The predicted octanol–water partition coefficient (Wildman–Crippen LogP) is 2.14. The average molecular weight is 284 g/mol. The Morgan fingerprint density at radius 2 is 2.24 bits per heavy atom. The average Bonchev–Trinajstić information content (AvgIpc) is 2.93. The molecule has 0 aromatic carbocycles. The number of likely N-dealkylation sites (tertiary alicyclic amines) is 1. The molecule has 2 aromatic rings. The topological polar surface area (TPSA) is 51.0 Å². The molecule has 0 saturated carbocycles. The Kier molecular flexibility index (Phi) is 3.73. The molecule has 1 amide bonds. The zero-order valence-corrected chi connectivity index (χ0v) is 12.5.